The molecule has 36 heavy (non-hydrogen) atoms. The number of nitrogens with zero attached hydrogens (tertiary/aromatic N) is 3. The molecule has 5 aromatic rings. The Labute approximate surface area is 203 Å². The molecule has 0 aliphatic carbocycles. The van der Waals surface area contributed by atoms with Crippen LogP contribution in [0.5, 0.6) is 11.5 Å². The van der Waals surface area contributed by atoms with Crippen molar-refractivity contribution in [2.75, 3.05) is 5.32 Å². The van der Waals surface area contributed by atoms with E-state index in [1.807, 2.05) is 0 Å². The van der Waals surface area contributed by atoms with E-state index in [1.54, 1.807) is 67.0 Å². The van der Waals surface area contributed by atoms with Crippen LogP contribution in [0.2, 0.25) is 0 Å². The van der Waals surface area contributed by atoms with Gasteiger partial charge >= 0.3 is 5.69 Å². The monoisotopic (exact) mass is 484 g/mol. The number of halogens is 2. The fraction of sp³-hybridized carbons (Fsp3) is 0. The quantitative estimate of drug-likeness (QED) is 0.329. The van der Waals surface area contributed by atoms with E-state index < -0.39 is 11.6 Å². The molecule has 2 heterocycles. The summed E-state index contributed by atoms with van der Waals surface area (Å²) >= 11 is 0. The van der Waals surface area contributed by atoms with Crippen molar-refractivity contribution in [2.45, 2.75) is 0 Å². The highest BCUT2D eigenvalue weighted by atomic mass is 19.2. The highest BCUT2D eigenvalue weighted by Crippen LogP contribution is 2.26. The summed E-state index contributed by atoms with van der Waals surface area (Å²) in [5, 5.41) is 2.69. The first-order valence-corrected chi connectivity index (χ1v) is 10.8. The third-order valence-electron chi connectivity index (χ3n) is 5.42. The number of rotatable bonds is 6. The topological polar surface area (TPSA) is 78.2 Å². The second kappa shape index (κ2) is 9.30. The Bertz CT molecular complexity index is 1670. The number of hydrogen-bond acceptors (Lipinski definition) is 4. The lowest BCUT2D eigenvalue weighted by Crippen LogP contribution is -2.22. The van der Waals surface area contributed by atoms with Gasteiger partial charge in [-0.25, -0.2) is 13.6 Å². The smallest absolute Gasteiger partial charge is 0.338 e. The van der Waals surface area contributed by atoms with Crippen molar-refractivity contribution < 1.29 is 18.3 Å². The number of anilines is 1. The fourth-order valence-electron chi connectivity index (χ4n) is 3.80. The Morgan fingerprint density at radius 3 is 2.39 bits per heavy atom. The molecule has 0 fully saturated rings. The van der Waals surface area contributed by atoms with Crippen LogP contribution in [0.25, 0.3) is 22.4 Å². The third-order valence-corrected chi connectivity index (χ3v) is 5.42. The standard InChI is InChI=1S/C27H18F2N4O3/c1-2-26(34)31-17-4-3-5-19(14-17)33-24-12-13-30-16-25(24)32(27(33)35)18-6-8-20(9-7-18)36-21-10-11-22(28)23(29)15-21/h2-16H,1H2,(H,31,34). The van der Waals surface area contributed by atoms with Crippen molar-refractivity contribution in [3.63, 3.8) is 0 Å². The highest BCUT2D eigenvalue weighted by Gasteiger charge is 2.17. The molecule has 0 atom stereocenters. The summed E-state index contributed by atoms with van der Waals surface area (Å²) in [6.45, 7) is 3.45. The zero-order valence-electron chi connectivity index (χ0n) is 18.7. The number of aromatic nitrogens is 3. The lowest BCUT2D eigenvalue weighted by atomic mass is 10.2. The van der Waals surface area contributed by atoms with Crippen LogP contribution in [0.1, 0.15) is 0 Å². The molecular formula is C27H18F2N4O3. The summed E-state index contributed by atoms with van der Waals surface area (Å²) in [5.74, 6) is -1.81. The van der Waals surface area contributed by atoms with Crippen molar-refractivity contribution >= 4 is 22.6 Å². The minimum absolute atomic E-state index is 0.142. The van der Waals surface area contributed by atoms with Crippen LogP contribution in [0.4, 0.5) is 14.5 Å². The number of benzene rings is 3. The first-order valence-electron chi connectivity index (χ1n) is 10.8. The second-order valence-electron chi connectivity index (χ2n) is 7.73. The molecule has 5 rings (SSSR count). The maximum Gasteiger partial charge on any atom is 0.338 e. The van der Waals surface area contributed by atoms with Gasteiger partial charge in [-0.1, -0.05) is 12.6 Å². The Morgan fingerprint density at radius 2 is 1.64 bits per heavy atom. The van der Waals surface area contributed by atoms with Crippen molar-refractivity contribution in [1.82, 2.24) is 14.1 Å². The SMILES string of the molecule is C=CC(=O)Nc1cccc(-n2c(=O)n(-c3ccc(Oc4ccc(F)c(F)c4)cc3)c3cnccc32)c1. The van der Waals surface area contributed by atoms with Crippen molar-refractivity contribution in [1.29, 1.82) is 0 Å². The van der Waals surface area contributed by atoms with Crippen molar-refractivity contribution in [3.8, 4) is 22.9 Å². The Hall–Kier alpha value is -5.05. The van der Waals surface area contributed by atoms with E-state index in [0.717, 1.165) is 18.2 Å². The zero-order chi connectivity index (χ0) is 25.2. The van der Waals surface area contributed by atoms with Gasteiger partial charge in [-0.15, -0.1) is 0 Å². The van der Waals surface area contributed by atoms with Gasteiger partial charge in [-0.3, -0.25) is 18.9 Å². The Morgan fingerprint density at radius 1 is 0.889 bits per heavy atom. The molecule has 7 nitrogen and oxygen atoms in total. The average molecular weight is 484 g/mol. The normalized spacial score (nSPS) is 10.8. The number of fused-ring (bicyclic) bond motifs is 1. The number of imidazole rings is 1. The van der Waals surface area contributed by atoms with E-state index in [9.17, 15) is 18.4 Å². The van der Waals surface area contributed by atoms with E-state index in [0.29, 0.717) is 33.8 Å². The summed E-state index contributed by atoms with van der Waals surface area (Å²) in [6, 6.07) is 18.5. The number of nitrogens with one attached hydrogen (secondary N) is 1. The van der Waals surface area contributed by atoms with Gasteiger partial charge in [0.25, 0.3) is 0 Å². The van der Waals surface area contributed by atoms with Gasteiger partial charge in [0.05, 0.1) is 28.6 Å². The Balaban J connectivity index is 1.54. The van der Waals surface area contributed by atoms with Gasteiger partial charge in [0, 0.05) is 18.0 Å². The van der Waals surface area contributed by atoms with Crippen LogP contribution in [-0.4, -0.2) is 20.0 Å². The van der Waals surface area contributed by atoms with Gasteiger partial charge in [0.15, 0.2) is 11.6 Å². The fourth-order valence-corrected chi connectivity index (χ4v) is 3.80. The van der Waals surface area contributed by atoms with Gasteiger partial charge in [-0.2, -0.15) is 0 Å². The molecule has 178 valence electrons. The molecule has 0 radical (unpaired) electrons. The van der Waals surface area contributed by atoms with Crippen LogP contribution >= 0.6 is 0 Å². The number of pyridine rings is 1. The maximum atomic E-state index is 13.6. The summed E-state index contributed by atoms with van der Waals surface area (Å²) in [7, 11) is 0. The van der Waals surface area contributed by atoms with E-state index in [-0.39, 0.29) is 17.3 Å². The van der Waals surface area contributed by atoms with Crippen molar-refractivity contribution in [3.05, 3.63) is 120 Å². The molecule has 0 aliphatic heterocycles. The molecule has 1 N–H and O–H groups in total. The Kier molecular flexibility index (Phi) is 5.87. The first-order chi connectivity index (χ1) is 17.4. The lowest BCUT2D eigenvalue weighted by Gasteiger charge is -2.08. The molecule has 9 heteroatoms. The highest BCUT2D eigenvalue weighted by molar-refractivity contribution is 5.99. The van der Waals surface area contributed by atoms with Crippen molar-refractivity contribution in [2.24, 2.45) is 0 Å². The summed E-state index contributed by atoms with van der Waals surface area (Å²) in [4.78, 5) is 29.5. The molecule has 0 aliphatic rings. The minimum atomic E-state index is -1.01. The first kappa shape index (κ1) is 22.7. The predicted octanol–water partition coefficient (Wildman–Crippen LogP) is 5.37. The van der Waals surface area contributed by atoms with E-state index in [2.05, 4.69) is 16.9 Å². The predicted molar refractivity (Wildman–Crippen MR) is 132 cm³/mol. The average Bonchev–Trinajstić information content (AvgIpc) is 3.18. The number of amides is 1. The molecule has 3 aromatic carbocycles. The summed E-state index contributed by atoms with van der Waals surface area (Å²) in [5.41, 5.74) is 2.44. The number of carbonyl (C=O) groups is 1. The van der Waals surface area contributed by atoms with Crippen LogP contribution in [0.3, 0.4) is 0 Å². The second-order valence-corrected chi connectivity index (χ2v) is 7.73. The lowest BCUT2D eigenvalue weighted by molar-refractivity contribution is -0.111. The van der Waals surface area contributed by atoms with Gasteiger partial charge in [0.2, 0.25) is 5.91 Å². The van der Waals surface area contributed by atoms with Gasteiger partial charge in [0.1, 0.15) is 11.5 Å². The molecule has 2 aromatic heterocycles. The van der Waals surface area contributed by atoms with E-state index >= 15 is 0 Å². The van der Waals surface area contributed by atoms with Crippen LogP contribution < -0.4 is 15.7 Å². The number of ether oxygens (including phenoxy) is 1. The molecule has 0 spiro atoms. The maximum absolute atomic E-state index is 13.6. The van der Waals surface area contributed by atoms with Crippen LogP contribution in [-0.2, 0) is 4.79 Å². The third kappa shape index (κ3) is 4.25. The number of hydrogen-bond donors (Lipinski definition) is 1. The molecular weight excluding hydrogens is 466 g/mol. The van der Waals surface area contributed by atoms with E-state index in [1.165, 1.54) is 15.2 Å². The largest absolute Gasteiger partial charge is 0.457 e. The van der Waals surface area contributed by atoms with E-state index in [4.69, 9.17) is 4.74 Å². The summed E-state index contributed by atoms with van der Waals surface area (Å²) < 4.78 is 35.3. The van der Waals surface area contributed by atoms with Crippen LogP contribution in [0, 0.1) is 11.6 Å². The molecule has 0 saturated heterocycles. The minimum Gasteiger partial charge on any atom is -0.457 e. The van der Waals surface area contributed by atoms with Crippen LogP contribution in [0.15, 0.2) is 103 Å². The molecule has 0 unspecified atom stereocenters. The summed E-state index contributed by atoms with van der Waals surface area (Å²) in [6.07, 6.45) is 4.34. The molecule has 0 saturated carbocycles. The number of carbonyl (C=O) groups excluding carboxylic acids is 1. The zero-order valence-corrected chi connectivity index (χ0v) is 18.7. The molecule has 1 amide bonds. The van der Waals surface area contributed by atoms with Gasteiger partial charge in [-0.05, 0) is 66.7 Å². The molecule has 0 bridgehead atoms. The van der Waals surface area contributed by atoms with Gasteiger partial charge < -0.3 is 10.1 Å².